The number of nitriles is 2. The minimum Gasteiger partial charge on any atom is -0.410 e. The zero-order valence-electron chi connectivity index (χ0n) is 14.0. The van der Waals surface area contributed by atoms with Crippen LogP contribution in [0.25, 0.3) is 0 Å². The molecule has 0 heterocycles. The van der Waals surface area contributed by atoms with Gasteiger partial charge in [-0.3, -0.25) is 0 Å². The van der Waals surface area contributed by atoms with Crippen molar-refractivity contribution < 1.29 is 5.21 Å². The fourth-order valence-corrected chi connectivity index (χ4v) is 3.28. The number of allylic oxidation sites excluding steroid dienone is 4. The molecule has 3 rings (SSSR count). The van der Waals surface area contributed by atoms with Crippen molar-refractivity contribution in [1.82, 2.24) is 0 Å². The van der Waals surface area contributed by atoms with Gasteiger partial charge in [0.25, 0.3) is 0 Å². The lowest BCUT2D eigenvalue weighted by Crippen LogP contribution is -2.20. The van der Waals surface area contributed by atoms with Gasteiger partial charge in [0.05, 0.1) is 24.0 Å². The first kappa shape index (κ1) is 17.2. The molecule has 2 aromatic rings. The summed E-state index contributed by atoms with van der Waals surface area (Å²) in [5.74, 6) is -1.24. The van der Waals surface area contributed by atoms with Crippen molar-refractivity contribution in [3.8, 4) is 12.1 Å². The maximum Gasteiger partial charge on any atom is 0.102 e. The standard InChI is InChI=1S/C22H17N3O/c23-14-21(16-7-3-1-4-8-16)19-12-11-18(25-26)13-20(19)22(15-24)17-9-5-2-6-10-17/h1-13,19,21-22,26H/b25-18-. The SMILES string of the molecule is N#CC(C1=C/C(=N\O)C=CC1C(C#N)c1ccccc1)c1ccccc1. The van der Waals surface area contributed by atoms with E-state index in [0.29, 0.717) is 5.71 Å². The summed E-state index contributed by atoms with van der Waals surface area (Å²) in [6, 6.07) is 23.7. The summed E-state index contributed by atoms with van der Waals surface area (Å²) in [4.78, 5) is 0. The quantitative estimate of drug-likeness (QED) is 0.656. The Kier molecular flexibility index (Phi) is 5.27. The van der Waals surface area contributed by atoms with Gasteiger partial charge in [-0.15, -0.1) is 0 Å². The van der Waals surface area contributed by atoms with Gasteiger partial charge in [0.1, 0.15) is 5.71 Å². The van der Waals surface area contributed by atoms with Crippen LogP contribution in [0.1, 0.15) is 23.0 Å². The van der Waals surface area contributed by atoms with Gasteiger partial charge in [-0.25, -0.2) is 0 Å². The van der Waals surface area contributed by atoms with Gasteiger partial charge in [-0.1, -0.05) is 71.9 Å². The lowest BCUT2D eigenvalue weighted by atomic mass is 9.73. The molecule has 0 bridgehead atoms. The van der Waals surface area contributed by atoms with Gasteiger partial charge in [-0.05, 0) is 28.9 Å². The fourth-order valence-electron chi connectivity index (χ4n) is 3.28. The maximum atomic E-state index is 9.83. The second kappa shape index (κ2) is 7.96. The average Bonchev–Trinajstić information content (AvgIpc) is 2.71. The van der Waals surface area contributed by atoms with Gasteiger partial charge in [0.15, 0.2) is 0 Å². The van der Waals surface area contributed by atoms with E-state index in [2.05, 4.69) is 17.3 Å². The number of oxime groups is 1. The lowest BCUT2D eigenvalue weighted by molar-refractivity contribution is 0.320. The summed E-state index contributed by atoms with van der Waals surface area (Å²) in [5.41, 5.74) is 2.87. The Morgan fingerprint density at radius 2 is 1.50 bits per heavy atom. The molecule has 2 aromatic carbocycles. The van der Waals surface area contributed by atoms with Crippen LogP contribution in [0.4, 0.5) is 0 Å². The zero-order valence-corrected chi connectivity index (χ0v) is 14.0. The molecule has 0 radical (unpaired) electrons. The van der Waals surface area contributed by atoms with E-state index >= 15 is 0 Å². The maximum absolute atomic E-state index is 9.83. The molecule has 0 spiro atoms. The molecule has 0 fully saturated rings. The molecule has 1 aliphatic carbocycles. The molecule has 4 heteroatoms. The first-order valence-corrected chi connectivity index (χ1v) is 8.29. The summed E-state index contributed by atoms with van der Waals surface area (Å²) in [7, 11) is 0. The number of nitrogens with zero attached hydrogens (tertiary/aromatic N) is 3. The summed E-state index contributed by atoms with van der Waals surface area (Å²) in [6.07, 6.45) is 5.23. The predicted molar refractivity (Wildman–Crippen MR) is 99.5 cm³/mol. The van der Waals surface area contributed by atoms with Crippen LogP contribution in [0.2, 0.25) is 0 Å². The average molecular weight is 339 g/mol. The van der Waals surface area contributed by atoms with Crippen molar-refractivity contribution in [3.05, 3.63) is 95.6 Å². The Hall–Kier alpha value is -3.63. The highest BCUT2D eigenvalue weighted by Crippen LogP contribution is 2.40. The molecule has 3 atom stereocenters. The summed E-state index contributed by atoms with van der Waals surface area (Å²) in [5, 5.41) is 32.1. The highest BCUT2D eigenvalue weighted by Gasteiger charge is 2.32. The molecular weight excluding hydrogens is 322 g/mol. The fraction of sp³-hybridized carbons (Fsp3) is 0.136. The zero-order chi connectivity index (χ0) is 18.4. The van der Waals surface area contributed by atoms with Crippen molar-refractivity contribution in [1.29, 1.82) is 10.5 Å². The molecule has 0 saturated heterocycles. The Bertz CT molecular complexity index is 931. The molecule has 126 valence electrons. The summed E-state index contributed by atoms with van der Waals surface area (Å²) in [6.45, 7) is 0. The van der Waals surface area contributed by atoms with E-state index in [1.54, 1.807) is 12.2 Å². The van der Waals surface area contributed by atoms with Crippen LogP contribution in [-0.4, -0.2) is 10.9 Å². The van der Waals surface area contributed by atoms with E-state index < -0.39 is 11.8 Å². The third kappa shape index (κ3) is 3.41. The third-order valence-electron chi connectivity index (χ3n) is 4.54. The van der Waals surface area contributed by atoms with Crippen LogP contribution < -0.4 is 0 Å². The van der Waals surface area contributed by atoms with Crippen molar-refractivity contribution in [2.75, 3.05) is 0 Å². The Morgan fingerprint density at radius 1 is 0.885 bits per heavy atom. The molecule has 1 aliphatic rings. The Labute approximate surface area is 152 Å². The van der Waals surface area contributed by atoms with Gasteiger partial charge in [0.2, 0.25) is 0 Å². The number of benzene rings is 2. The number of hydrogen-bond donors (Lipinski definition) is 1. The van der Waals surface area contributed by atoms with Gasteiger partial charge >= 0.3 is 0 Å². The van der Waals surface area contributed by atoms with Crippen molar-refractivity contribution >= 4 is 5.71 Å². The first-order valence-electron chi connectivity index (χ1n) is 8.29. The summed E-state index contributed by atoms with van der Waals surface area (Å²) >= 11 is 0. The van der Waals surface area contributed by atoms with Gasteiger partial charge in [0, 0.05) is 5.92 Å². The molecule has 0 aliphatic heterocycles. The summed E-state index contributed by atoms with van der Waals surface area (Å²) < 4.78 is 0. The highest BCUT2D eigenvalue weighted by molar-refractivity contribution is 6.05. The van der Waals surface area contributed by atoms with E-state index in [9.17, 15) is 15.7 Å². The van der Waals surface area contributed by atoms with Crippen LogP contribution >= 0.6 is 0 Å². The predicted octanol–water partition coefficient (Wildman–Crippen LogP) is 4.54. The van der Waals surface area contributed by atoms with Crippen molar-refractivity contribution in [2.45, 2.75) is 11.8 Å². The first-order chi connectivity index (χ1) is 12.8. The van der Waals surface area contributed by atoms with Crippen LogP contribution in [0.3, 0.4) is 0 Å². The van der Waals surface area contributed by atoms with Crippen LogP contribution in [0.15, 0.2) is 89.6 Å². The van der Waals surface area contributed by atoms with E-state index in [0.717, 1.165) is 16.7 Å². The largest absolute Gasteiger partial charge is 0.410 e. The van der Waals surface area contributed by atoms with E-state index in [1.165, 1.54) is 0 Å². The van der Waals surface area contributed by atoms with Crippen molar-refractivity contribution in [2.24, 2.45) is 11.1 Å². The molecule has 0 amide bonds. The monoisotopic (exact) mass is 339 g/mol. The lowest BCUT2D eigenvalue weighted by Gasteiger charge is -2.28. The normalized spacial score (nSPS) is 19.8. The molecule has 26 heavy (non-hydrogen) atoms. The minimum absolute atomic E-state index is 0.280. The number of hydrogen-bond acceptors (Lipinski definition) is 4. The topological polar surface area (TPSA) is 80.2 Å². The van der Waals surface area contributed by atoms with E-state index in [-0.39, 0.29) is 5.92 Å². The highest BCUT2D eigenvalue weighted by atomic mass is 16.4. The molecule has 3 unspecified atom stereocenters. The van der Waals surface area contributed by atoms with Gasteiger partial charge < -0.3 is 5.21 Å². The van der Waals surface area contributed by atoms with Gasteiger partial charge in [-0.2, -0.15) is 10.5 Å². The third-order valence-corrected chi connectivity index (χ3v) is 4.54. The Balaban J connectivity index is 2.08. The molecule has 4 nitrogen and oxygen atoms in total. The van der Waals surface area contributed by atoms with Crippen molar-refractivity contribution in [3.63, 3.8) is 0 Å². The second-order valence-corrected chi connectivity index (χ2v) is 6.04. The van der Waals surface area contributed by atoms with Crippen LogP contribution in [-0.2, 0) is 0 Å². The minimum atomic E-state index is -0.525. The smallest absolute Gasteiger partial charge is 0.102 e. The Morgan fingerprint density at radius 3 is 2.04 bits per heavy atom. The molecular formula is C22H17N3O. The van der Waals surface area contributed by atoms with E-state index in [4.69, 9.17) is 0 Å². The molecule has 1 N–H and O–H groups in total. The number of rotatable bonds is 4. The van der Waals surface area contributed by atoms with Crippen LogP contribution in [0.5, 0.6) is 0 Å². The van der Waals surface area contributed by atoms with Crippen LogP contribution in [0, 0.1) is 28.6 Å². The molecule has 0 aromatic heterocycles. The second-order valence-electron chi connectivity index (χ2n) is 6.04. The van der Waals surface area contributed by atoms with E-state index in [1.807, 2.05) is 66.7 Å². The molecule has 0 saturated carbocycles.